The maximum Gasteiger partial charge on any atom is 0.346 e. The van der Waals surface area contributed by atoms with E-state index in [1.54, 1.807) is 13.0 Å². The summed E-state index contributed by atoms with van der Waals surface area (Å²) in [5.41, 5.74) is 0.686. The van der Waals surface area contributed by atoms with Crippen LogP contribution in [0.4, 0.5) is 0 Å². The summed E-state index contributed by atoms with van der Waals surface area (Å²) in [4.78, 5) is 10.9. The van der Waals surface area contributed by atoms with Gasteiger partial charge in [-0.3, -0.25) is 0 Å². The van der Waals surface area contributed by atoms with Crippen molar-refractivity contribution in [3.05, 3.63) is 16.5 Å². The average molecular weight is 202 g/mol. The molecule has 0 aliphatic heterocycles. The molecule has 0 spiro atoms. The van der Waals surface area contributed by atoms with Crippen molar-refractivity contribution in [2.75, 3.05) is 13.2 Å². The molecule has 72 valence electrons. The fourth-order valence-electron chi connectivity index (χ4n) is 0.883. The molecule has 0 aromatic carbocycles. The predicted molar refractivity (Wildman–Crippen MR) is 48.6 cm³/mol. The highest BCUT2D eigenvalue weighted by Crippen LogP contribution is 2.28. The van der Waals surface area contributed by atoms with Gasteiger partial charge in [0.1, 0.15) is 11.5 Å². The standard InChI is InChI=1S/C8H10O4S/c1-5-4-6(12-3-2-9)13-7(5)8(10)11/h4,9H,2-3H2,1H3,(H,10,11). The third-order valence-electron chi connectivity index (χ3n) is 1.43. The van der Waals surface area contributed by atoms with Crippen LogP contribution in [0.3, 0.4) is 0 Å². The molecule has 0 atom stereocenters. The highest BCUT2D eigenvalue weighted by Gasteiger charge is 2.12. The molecule has 0 saturated heterocycles. The van der Waals surface area contributed by atoms with E-state index in [9.17, 15) is 4.79 Å². The van der Waals surface area contributed by atoms with E-state index in [-0.39, 0.29) is 18.1 Å². The SMILES string of the molecule is Cc1cc(OCCO)sc1C(=O)O. The fraction of sp³-hybridized carbons (Fsp3) is 0.375. The van der Waals surface area contributed by atoms with Crippen LogP contribution in [0.15, 0.2) is 6.07 Å². The molecule has 0 unspecified atom stereocenters. The van der Waals surface area contributed by atoms with Crippen LogP contribution in [0, 0.1) is 6.92 Å². The monoisotopic (exact) mass is 202 g/mol. The van der Waals surface area contributed by atoms with Crippen molar-refractivity contribution in [2.45, 2.75) is 6.92 Å². The zero-order chi connectivity index (χ0) is 9.84. The molecule has 0 radical (unpaired) electrons. The van der Waals surface area contributed by atoms with Crippen LogP contribution < -0.4 is 4.74 Å². The Balaban J connectivity index is 2.76. The molecule has 0 aliphatic carbocycles. The minimum atomic E-state index is -0.943. The van der Waals surface area contributed by atoms with E-state index in [0.717, 1.165) is 11.3 Å². The van der Waals surface area contributed by atoms with E-state index in [1.807, 2.05) is 0 Å². The number of carbonyl (C=O) groups is 1. The van der Waals surface area contributed by atoms with Crippen molar-refractivity contribution in [1.82, 2.24) is 0 Å². The first-order valence-corrected chi connectivity index (χ1v) is 4.54. The molecule has 1 rings (SSSR count). The zero-order valence-electron chi connectivity index (χ0n) is 7.11. The van der Waals surface area contributed by atoms with Crippen LogP contribution in [0.5, 0.6) is 5.06 Å². The lowest BCUT2D eigenvalue weighted by atomic mass is 10.3. The number of aromatic carboxylic acids is 1. The van der Waals surface area contributed by atoms with E-state index in [0.29, 0.717) is 10.6 Å². The molecule has 2 N–H and O–H groups in total. The second kappa shape index (κ2) is 4.25. The summed E-state index contributed by atoms with van der Waals surface area (Å²) in [6, 6.07) is 1.66. The van der Waals surface area contributed by atoms with Crippen molar-refractivity contribution in [3.63, 3.8) is 0 Å². The highest BCUT2D eigenvalue weighted by molar-refractivity contribution is 7.15. The lowest BCUT2D eigenvalue weighted by molar-refractivity contribution is 0.0701. The van der Waals surface area contributed by atoms with Crippen LogP contribution in [0.1, 0.15) is 15.2 Å². The third kappa shape index (κ3) is 2.43. The summed E-state index contributed by atoms with van der Waals surface area (Å²) in [5, 5.41) is 17.7. The van der Waals surface area contributed by atoms with Gasteiger partial charge < -0.3 is 14.9 Å². The Kier molecular flexibility index (Phi) is 3.27. The molecule has 0 aliphatic rings. The molecule has 5 heteroatoms. The predicted octanol–water partition coefficient (Wildman–Crippen LogP) is 1.13. The molecule has 0 amide bonds. The van der Waals surface area contributed by atoms with E-state index >= 15 is 0 Å². The second-order valence-corrected chi connectivity index (χ2v) is 3.47. The quantitative estimate of drug-likeness (QED) is 0.768. The zero-order valence-corrected chi connectivity index (χ0v) is 7.93. The van der Waals surface area contributed by atoms with Gasteiger partial charge >= 0.3 is 5.97 Å². The topological polar surface area (TPSA) is 66.8 Å². The Morgan fingerprint density at radius 3 is 2.85 bits per heavy atom. The molecule has 4 nitrogen and oxygen atoms in total. The van der Waals surface area contributed by atoms with Gasteiger partial charge in [-0.25, -0.2) is 4.79 Å². The molecule has 1 aromatic rings. The minimum absolute atomic E-state index is 0.0701. The summed E-state index contributed by atoms with van der Waals surface area (Å²) < 4.78 is 5.07. The smallest absolute Gasteiger partial charge is 0.346 e. The van der Waals surface area contributed by atoms with Crippen molar-refractivity contribution in [2.24, 2.45) is 0 Å². The number of carboxylic acid groups (broad SMARTS) is 1. The van der Waals surface area contributed by atoms with E-state index in [2.05, 4.69) is 0 Å². The first kappa shape index (κ1) is 10.0. The van der Waals surface area contributed by atoms with Gasteiger partial charge in [-0.1, -0.05) is 11.3 Å². The number of thiophene rings is 1. The summed E-state index contributed by atoms with van der Waals surface area (Å²) >= 11 is 1.07. The second-order valence-electron chi connectivity index (χ2n) is 2.45. The van der Waals surface area contributed by atoms with Crippen LogP contribution in [-0.4, -0.2) is 29.4 Å². The average Bonchev–Trinajstić information content (AvgIpc) is 2.43. The molecular weight excluding hydrogens is 192 g/mol. The van der Waals surface area contributed by atoms with Crippen LogP contribution in [0.25, 0.3) is 0 Å². The molecule has 0 saturated carbocycles. The number of hydrogen-bond donors (Lipinski definition) is 2. The Bertz CT molecular complexity index is 305. The molecule has 1 aromatic heterocycles. The van der Waals surface area contributed by atoms with Gasteiger partial charge in [-0.05, 0) is 18.6 Å². The molecule has 0 bridgehead atoms. The lowest BCUT2D eigenvalue weighted by Gasteiger charge is -1.97. The van der Waals surface area contributed by atoms with Crippen molar-refractivity contribution < 1.29 is 19.7 Å². The number of aliphatic hydroxyl groups excluding tert-OH is 1. The number of carboxylic acids is 1. The first-order valence-electron chi connectivity index (χ1n) is 3.72. The highest BCUT2D eigenvalue weighted by atomic mass is 32.1. The summed E-state index contributed by atoms with van der Waals surface area (Å²) in [7, 11) is 0. The molecule has 0 fully saturated rings. The van der Waals surface area contributed by atoms with Crippen molar-refractivity contribution in [1.29, 1.82) is 0 Å². The Morgan fingerprint density at radius 1 is 1.69 bits per heavy atom. The number of hydrogen-bond acceptors (Lipinski definition) is 4. The summed E-state index contributed by atoms with van der Waals surface area (Å²) in [5.74, 6) is -0.943. The van der Waals surface area contributed by atoms with Gasteiger partial charge in [-0.15, -0.1) is 0 Å². The lowest BCUT2D eigenvalue weighted by Crippen LogP contribution is -1.99. The number of ether oxygens (including phenoxy) is 1. The largest absolute Gasteiger partial charge is 0.482 e. The minimum Gasteiger partial charge on any atom is -0.482 e. The molecule has 1 heterocycles. The third-order valence-corrected chi connectivity index (χ3v) is 2.56. The number of aryl methyl sites for hydroxylation is 1. The number of rotatable bonds is 4. The maximum absolute atomic E-state index is 10.6. The van der Waals surface area contributed by atoms with Crippen LogP contribution in [0.2, 0.25) is 0 Å². The van der Waals surface area contributed by atoms with Gasteiger partial charge in [0.25, 0.3) is 0 Å². The van der Waals surface area contributed by atoms with Gasteiger partial charge in [0, 0.05) is 0 Å². The Labute approximate surface area is 79.4 Å². The molecular formula is C8H10O4S. The Hall–Kier alpha value is -1.07. The summed E-state index contributed by atoms with van der Waals surface area (Å²) in [6.07, 6.45) is 0. The van der Waals surface area contributed by atoms with E-state index < -0.39 is 5.97 Å². The maximum atomic E-state index is 10.6. The summed E-state index contributed by atoms with van der Waals surface area (Å²) in [6.45, 7) is 1.84. The Morgan fingerprint density at radius 2 is 2.38 bits per heavy atom. The van der Waals surface area contributed by atoms with Crippen LogP contribution in [-0.2, 0) is 0 Å². The van der Waals surface area contributed by atoms with Gasteiger partial charge in [-0.2, -0.15) is 0 Å². The van der Waals surface area contributed by atoms with Crippen molar-refractivity contribution in [3.8, 4) is 5.06 Å². The van der Waals surface area contributed by atoms with Gasteiger partial charge in [0.15, 0.2) is 5.06 Å². The van der Waals surface area contributed by atoms with Gasteiger partial charge in [0.05, 0.1) is 6.61 Å². The number of aliphatic hydroxyl groups is 1. The van der Waals surface area contributed by atoms with E-state index in [4.69, 9.17) is 14.9 Å². The molecule has 13 heavy (non-hydrogen) atoms. The normalized spacial score (nSPS) is 10.0. The fourth-order valence-corrected chi connectivity index (χ4v) is 1.77. The first-order chi connectivity index (χ1) is 6.15. The van der Waals surface area contributed by atoms with E-state index in [1.165, 1.54) is 0 Å². The van der Waals surface area contributed by atoms with Crippen molar-refractivity contribution >= 4 is 17.3 Å². The van der Waals surface area contributed by atoms with Gasteiger partial charge in [0.2, 0.25) is 0 Å². The van der Waals surface area contributed by atoms with Crippen LogP contribution >= 0.6 is 11.3 Å².